The first-order valence-corrected chi connectivity index (χ1v) is 8.16. The maximum Gasteiger partial charge on any atom is 0.324 e. The van der Waals surface area contributed by atoms with Crippen LogP contribution in [-0.2, 0) is 19.5 Å². The van der Waals surface area contributed by atoms with E-state index in [0.29, 0.717) is 0 Å². The SMILES string of the molecule is COc1cc2c(cc1OC)CN(Cc1csc([N+](=O)[O-])c1)CC2. The molecule has 6 nitrogen and oxygen atoms in total. The van der Waals surface area contributed by atoms with Gasteiger partial charge in [-0.2, -0.15) is 0 Å². The number of hydrogen-bond acceptors (Lipinski definition) is 6. The van der Waals surface area contributed by atoms with Gasteiger partial charge in [-0.05, 0) is 35.2 Å². The van der Waals surface area contributed by atoms with Crippen molar-refractivity contribution in [2.24, 2.45) is 0 Å². The Morgan fingerprint density at radius 2 is 1.91 bits per heavy atom. The minimum atomic E-state index is -0.336. The van der Waals surface area contributed by atoms with Crippen molar-refractivity contribution < 1.29 is 14.4 Å². The monoisotopic (exact) mass is 334 g/mol. The third kappa shape index (κ3) is 3.30. The molecule has 0 saturated heterocycles. The smallest absolute Gasteiger partial charge is 0.324 e. The molecule has 1 aliphatic heterocycles. The predicted molar refractivity (Wildman–Crippen MR) is 88.3 cm³/mol. The van der Waals surface area contributed by atoms with Gasteiger partial charge in [0.05, 0.1) is 19.1 Å². The number of methoxy groups -OCH3 is 2. The number of nitrogens with zero attached hydrogens (tertiary/aromatic N) is 2. The van der Waals surface area contributed by atoms with Crippen molar-refractivity contribution in [3.63, 3.8) is 0 Å². The fourth-order valence-electron chi connectivity index (χ4n) is 2.88. The molecular formula is C16H18N2O4S. The Kier molecular flexibility index (Phi) is 4.49. The Bertz CT molecular complexity index is 729. The van der Waals surface area contributed by atoms with E-state index in [1.54, 1.807) is 20.3 Å². The van der Waals surface area contributed by atoms with Crippen LogP contribution < -0.4 is 9.47 Å². The molecule has 0 N–H and O–H groups in total. The Balaban J connectivity index is 1.75. The normalized spacial score (nSPS) is 14.3. The zero-order valence-corrected chi connectivity index (χ0v) is 13.9. The molecule has 1 aliphatic rings. The molecule has 7 heteroatoms. The van der Waals surface area contributed by atoms with Gasteiger partial charge in [0.15, 0.2) is 11.5 Å². The molecule has 0 radical (unpaired) electrons. The highest BCUT2D eigenvalue weighted by atomic mass is 32.1. The highest BCUT2D eigenvalue weighted by Gasteiger charge is 2.20. The molecule has 1 aromatic carbocycles. The molecule has 0 bridgehead atoms. The van der Waals surface area contributed by atoms with Crippen LogP contribution in [0.3, 0.4) is 0 Å². The van der Waals surface area contributed by atoms with Crippen molar-refractivity contribution in [3.8, 4) is 11.5 Å². The van der Waals surface area contributed by atoms with E-state index < -0.39 is 0 Å². The van der Waals surface area contributed by atoms with Crippen LogP contribution in [0.15, 0.2) is 23.6 Å². The van der Waals surface area contributed by atoms with Gasteiger partial charge < -0.3 is 9.47 Å². The van der Waals surface area contributed by atoms with Crippen LogP contribution in [0.25, 0.3) is 0 Å². The number of hydrogen-bond donors (Lipinski definition) is 0. The summed E-state index contributed by atoms with van der Waals surface area (Å²) in [7, 11) is 3.28. The predicted octanol–water partition coefficient (Wildman–Crippen LogP) is 3.23. The topological polar surface area (TPSA) is 64.8 Å². The van der Waals surface area contributed by atoms with Gasteiger partial charge in [-0.25, -0.2) is 0 Å². The average Bonchev–Trinajstić information content (AvgIpc) is 3.02. The van der Waals surface area contributed by atoms with Crippen LogP contribution in [0.4, 0.5) is 5.00 Å². The van der Waals surface area contributed by atoms with Crippen molar-refractivity contribution in [1.82, 2.24) is 4.90 Å². The molecule has 122 valence electrons. The van der Waals surface area contributed by atoms with Gasteiger partial charge >= 0.3 is 5.00 Å². The maximum atomic E-state index is 10.8. The highest BCUT2D eigenvalue weighted by Crippen LogP contribution is 2.34. The molecule has 1 aromatic heterocycles. The second-order valence-electron chi connectivity index (χ2n) is 5.49. The van der Waals surface area contributed by atoms with Gasteiger partial charge in [-0.3, -0.25) is 15.0 Å². The summed E-state index contributed by atoms with van der Waals surface area (Å²) >= 11 is 1.18. The standard InChI is InChI=1S/C16H18N2O4S/c1-21-14-6-12-3-4-17(9-13(12)7-15(14)22-2)8-11-5-16(18(19)20)23-10-11/h5-7,10H,3-4,8-9H2,1-2H3. The van der Waals surface area contributed by atoms with Gasteiger partial charge in [0.25, 0.3) is 0 Å². The first-order chi connectivity index (χ1) is 11.1. The molecule has 0 atom stereocenters. The lowest BCUT2D eigenvalue weighted by atomic mass is 9.98. The minimum Gasteiger partial charge on any atom is -0.493 e. The van der Waals surface area contributed by atoms with Crippen molar-refractivity contribution in [1.29, 1.82) is 0 Å². The molecule has 23 heavy (non-hydrogen) atoms. The van der Waals surface area contributed by atoms with E-state index in [4.69, 9.17) is 9.47 Å². The summed E-state index contributed by atoms with van der Waals surface area (Å²) in [5.41, 5.74) is 3.49. The Morgan fingerprint density at radius 3 is 2.52 bits per heavy atom. The zero-order chi connectivity index (χ0) is 16.4. The van der Waals surface area contributed by atoms with Crippen LogP contribution in [0.5, 0.6) is 11.5 Å². The van der Waals surface area contributed by atoms with Gasteiger partial charge in [-0.1, -0.05) is 11.3 Å². The first-order valence-electron chi connectivity index (χ1n) is 7.28. The van der Waals surface area contributed by atoms with E-state index in [1.807, 2.05) is 17.5 Å². The maximum absolute atomic E-state index is 10.8. The van der Waals surface area contributed by atoms with Crippen molar-refractivity contribution in [2.75, 3.05) is 20.8 Å². The van der Waals surface area contributed by atoms with Gasteiger partial charge in [0.1, 0.15) is 0 Å². The fraction of sp³-hybridized carbons (Fsp3) is 0.375. The van der Waals surface area contributed by atoms with Crippen LogP contribution in [0.2, 0.25) is 0 Å². The zero-order valence-electron chi connectivity index (χ0n) is 13.1. The Labute approximate surface area is 138 Å². The number of fused-ring (bicyclic) bond motifs is 1. The lowest BCUT2D eigenvalue weighted by Crippen LogP contribution is -2.30. The molecule has 0 aliphatic carbocycles. The van der Waals surface area contributed by atoms with Crippen LogP contribution in [0, 0.1) is 10.1 Å². The summed E-state index contributed by atoms with van der Waals surface area (Å²) in [6.07, 6.45) is 0.932. The summed E-state index contributed by atoms with van der Waals surface area (Å²) in [5, 5.41) is 12.8. The van der Waals surface area contributed by atoms with Gasteiger partial charge in [0.2, 0.25) is 0 Å². The Morgan fingerprint density at radius 1 is 1.22 bits per heavy atom. The van der Waals surface area contributed by atoms with Gasteiger partial charge in [-0.15, -0.1) is 0 Å². The van der Waals surface area contributed by atoms with Crippen molar-refractivity contribution in [3.05, 3.63) is 50.4 Å². The Hall–Kier alpha value is -2.12. The van der Waals surface area contributed by atoms with E-state index in [-0.39, 0.29) is 9.92 Å². The molecule has 2 aromatic rings. The third-order valence-electron chi connectivity index (χ3n) is 4.02. The quantitative estimate of drug-likeness (QED) is 0.620. The van der Waals surface area contributed by atoms with Crippen molar-refractivity contribution >= 4 is 16.3 Å². The van der Waals surface area contributed by atoms with E-state index in [2.05, 4.69) is 4.90 Å². The third-order valence-corrected chi connectivity index (χ3v) is 4.95. The molecule has 0 amide bonds. The number of rotatable bonds is 5. The number of thiophene rings is 1. The molecule has 0 spiro atoms. The molecule has 0 fully saturated rings. The number of nitro groups is 1. The van der Waals surface area contributed by atoms with Crippen LogP contribution >= 0.6 is 11.3 Å². The van der Waals surface area contributed by atoms with Crippen LogP contribution in [0.1, 0.15) is 16.7 Å². The number of benzene rings is 1. The van der Waals surface area contributed by atoms with Crippen LogP contribution in [-0.4, -0.2) is 30.6 Å². The average molecular weight is 334 g/mol. The molecular weight excluding hydrogens is 316 g/mol. The van der Waals surface area contributed by atoms with E-state index >= 15 is 0 Å². The molecule has 3 rings (SSSR count). The van der Waals surface area contributed by atoms with Gasteiger partial charge in [0, 0.05) is 31.1 Å². The molecule has 0 saturated carbocycles. The van der Waals surface area contributed by atoms with E-state index in [1.165, 1.54) is 22.5 Å². The van der Waals surface area contributed by atoms with E-state index in [9.17, 15) is 10.1 Å². The first kappa shape index (κ1) is 15.8. The second kappa shape index (κ2) is 6.55. The molecule has 0 unspecified atom stereocenters. The fourth-order valence-corrected chi connectivity index (χ4v) is 3.60. The molecule has 2 heterocycles. The highest BCUT2D eigenvalue weighted by molar-refractivity contribution is 7.13. The summed E-state index contributed by atoms with van der Waals surface area (Å²) in [6.45, 7) is 2.45. The summed E-state index contributed by atoms with van der Waals surface area (Å²) in [5.74, 6) is 1.49. The number of ether oxygens (including phenoxy) is 2. The summed E-state index contributed by atoms with van der Waals surface area (Å²) in [6, 6.07) is 5.73. The lowest BCUT2D eigenvalue weighted by Gasteiger charge is -2.29. The lowest BCUT2D eigenvalue weighted by molar-refractivity contribution is -0.380. The minimum absolute atomic E-state index is 0.198. The van der Waals surface area contributed by atoms with Crippen molar-refractivity contribution in [2.45, 2.75) is 19.5 Å². The second-order valence-corrected chi connectivity index (χ2v) is 6.38. The van der Waals surface area contributed by atoms with E-state index in [0.717, 1.165) is 43.1 Å². The largest absolute Gasteiger partial charge is 0.493 e. The summed E-state index contributed by atoms with van der Waals surface area (Å²) < 4.78 is 10.7. The summed E-state index contributed by atoms with van der Waals surface area (Å²) in [4.78, 5) is 12.7.